The lowest BCUT2D eigenvalue weighted by Gasteiger charge is -2.07. The van der Waals surface area contributed by atoms with E-state index in [1.54, 1.807) is 0 Å². The molecule has 21 heavy (non-hydrogen) atoms. The van der Waals surface area contributed by atoms with Crippen LogP contribution < -0.4 is 4.18 Å². The molecule has 0 spiro atoms. The predicted molar refractivity (Wildman–Crippen MR) is 76.1 cm³/mol. The van der Waals surface area contributed by atoms with Crippen LogP contribution in [-0.4, -0.2) is 14.2 Å². The van der Waals surface area contributed by atoms with Crippen molar-refractivity contribution in [2.75, 3.05) is 0 Å². The number of carbonyl (C=O) groups excluding carboxylic acids is 1. The molecule has 6 heteroatoms. The van der Waals surface area contributed by atoms with Crippen LogP contribution in [0.4, 0.5) is 4.39 Å². The molecular weight excluding hydrogens is 295 g/mol. The Morgan fingerprint density at radius 2 is 1.62 bits per heavy atom. The SMILES string of the molecule is CC(=O)c1ccc(OS(=O)(=O)Cc2ccc(F)cc2)cc1. The van der Waals surface area contributed by atoms with E-state index in [0.29, 0.717) is 11.1 Å². The molecule has 0 radical (unpaired) electrons. The van der Waals surface area contributed by atoms with Crippen molar-refractivity contribution in [3.63, 3.8) is 0 Å². The fourth-order valence-electron chi connectivity index (χ4n) is 1.71. The van der Waals surface area contributed by atoms with Gasteiger partial charge in [-0.1, -0.05) is 12.1 Å². The molecule has 0 unspecified atom stereocenters. The lowest BCUT2D eigenvalue weighted by Crippen LogP contribution is -2.12. The van der Waals surface area contributed by atoms with Crippen molar-refractivity contribution < 1.29 is 21.8 Å². The van der Waals surface area contributed by atoms with Crippen molar-refractivity contribution in [2.45, 2.75) is 12.7 Å². The normalized spacial score (nSPS) is 11.1. The Kier molecular flexibility index (Phi) is 4.37. The van der Waals surface area contributed by atoms with Gasteiger partial charge in [0.2, 0.25) is 0 Å². The summed E-state index contributed by atoms with van der Waals surface area (Å²) in [5.41, 5.74) is 0.898. The number of benzene rings is 2. The van der Waals surface area contributed by atoms with E-state index >= 15 is 0 Å². The molecule has 0 aromatic heterocycles. The van der Waals surface area contributed by atoms with Crippen molar-refractivity contribution in [1.29, 1.82) is 0 Å². The monoisotopic (exact) mass is 308 g/mol. The van der Waals surface area contributed by atoms with Crippen LogP contribution >= 0.6 is 0 Å². The third-order valence-corrected chi connectivity index (χ3v) is 3.87. The van der Waals surface area contributed by atoms with Crippen LogP contribution in [0.5, 0.6) is 5.75 Å². The number of hydrogen-bond donors (Lipinski definition) is 0. The topological polar surface area (TPSA) is 60.4 Å². The molecule has 0 amide bonds. The molecule has 0 atom stereocenters. The fraction of sp³-hybridized carbons (Fsp3) is 0.133. The van der Waals surface area contributed by atoms with Gasteiger partial charge in [0, 0.05) is 5.56 Å². The largest absolute Gasteiger partial charge is 0.382 e. The zero-order valence-electron chi connectivity index (χ0n) is 11.2. The standard InChI is InChI=1S/C15H13FO4S/c1-11(17)13-4-8-15(9-5-13)20-21(18,19)10-12-2-6-14(16)7-3-12/h2-9H,10H2,1H3. The minimum Gasteiger partial charge on any atom is -0.382 e. The van der Waals surface area contributed by atoms with Crippen molar-refractivity contribution in [3.05, 3.63) is 65.5 Å². The number of hydrogen-bond acceptors (Lipinski definition) is 4. The molecule has 0 aliphatic carbocycles. The molecule has 0 aliphatic heterocycles. The molecule has 2 aromatic carbocycles. The molecular formula is C15H13FO4S. The Balaban J connectivity index is 2.10. The van der Waals surface area contributed by atoms with E-state index in [4.69, 9.17) is 4.18 Å². The first-order chi connectivity index (χ1) is 9.85. The average Bonchev–Trinajstić information content (AvgIpc) is 2.41. The van der Waals surface area contributed by atoms with Gasteiger partial charge in [0.1, 0.15) is 17.3 Å². The molecule has 4 nitrogen and oxygen atoms in total. The van der Waals surface area contributed by atoms with E-state index in [9.17, 15) is 17.6 Å². The van der Waals surface area contributed by atoms with E-state index in [0.717, 1.165) is 0 Å². The van der Waals surface area contributed by atoms with E-state index in [1.807, 2.05) is 0 Å². The molecule has 2 aromatic rings. The molecule has 0 aliphatic rings. The lowest BCUT2D eigenvalue weighted by atomic mass is 10.1. The Labute approximate surface area is 122 Å². The van der Waals surface area contributed by atoms with Gasteiger partial charge < -0.3 is 4.18 Å². The molecule has 110 valence electrons. The first-order valence-corrected chi connectivity index (χ1v) is 7.71. The van der Waals surface area contributed by atoms with Gasteiger partial charge in [-0.25, -0.2) is 4.39 Å². The Hall–Kier alpha value is -2.21. The van der Waals surface area contributed by atoms with Gasteiger partial charge in [0.05, 0.1) is 0 Å². The fourth-order valence-corrected chi connectivity index (χ4v) is 2.77. The summed E-state index contributed by atoms with van der Waals surface area (Å²) in [4.78, 5) is 11.1. The molecule has 0 N–H and O–H groups in total. The summed E-state index contributed by atoms with van der Waals surface area (Å²) in [5, 5.41) is 0. The Morgan fingerprint density at radius 1 is 1.05 bits per heavy atom. The van der Waals surface area contributed by atoms with Gasteiger partial charge in [0.25, 0.3) is 0 Å². The second-order valence-corrected chi connectivity index (χ2v) is 6.06. The van der Waals surface area contributed by atoms with Gasteiger partial charge in [0.15, 0.2) is 5.78 Å². The van der Waals surface area contributed by atoms with Crippen LogP contribution in [0.2, 0.25) is 0 Å². The maximum absolute atomic E-state index is 12.8. The second kappa shape index (κ2) is 6.05. The molecule has 0 bridgehead atoms. The molecule has 2 rings (SSSR count). The van der Waals surface area contributed by atoms with E-state index in [2.05, 4.69) is 0 Å². The number of halogens is 1. The van der Waals surface area contributed by atoms with E-state index in [-0.39, 0.29) is 17.3 Å². The zero-order chi connectivity index (χ0) is 15.5. The maximum atomic E-state index is 12.8. The summed E-state index contributed by atoms with van der Waals surface area (Å²) in [6.07, 6.45) is 0. The summed E-state index contributed by atoms with van der Waals surface area (Å²) in [5.74, 6) is -0.781. The van der Waals surface area contributed by atoms with Crippen molar-refractivity contribution in [2.24, 2.45) is 0 Å². The minimum atomic E-state index is -3.84. The van der Waals surface area contributed by atoms with Crippen molar-refractivity contribution >= 4 is 15.9 Å². The van der Waals surface area contributed by atoms with Gasteiger partial charge in [-0.3, -0.25) is 4.79 Å². The highest BCUT2D eigenvalue weighted by molar-refractivity contribution is 7.86. The van der Waals surface area contributed by atoms with Crippen LogP contribution in [-0.2, 0) is 15.9 Å². The number of rotatable bonds is 5. The lowest BCUT2D eigenvalue weighted by molar-refractivity contribution is 0.101. The summed E-state index contributed by atoms with van der Waals surface area (Å²) in [6, 6.07) is 11.0. The minimum absolute atomic E-state index is 0.115. The number of carbonyl (C=O) groups is 1. The van der Waals surface area contributed by atoms with Gasteiger partial charge in [-0.15, -0.1) is 0 Å². The third-order valence-electron chi connectivity index (χ3n) is 2.74. The Bertz CT molecular complexity index is 734. The van der Waals surface area contributed by atoms with Crippen molar-refractivity contribution in [3.8, 4) is 5.75 Å². The maximum Gasteiger partial charge on any atom is 0.313 e. The average molecular weight is 308 g/mol. The smallest absolute Gasteiger partial charge is 0.313 e. The van der Waals surface area contributed by atoms with Crippen LogP contribution in [0.25, 0.3) is 0 Å². The molecule has 0 saturated heterocycles. The molecule has 0 fully saturated rings. The first-order valence-electron chi connectivity index (χ1n) is 6.13. The number of Topliss-reactive ketones (excluding diaryl/α,β-unsaturated/α-hetero) is 1. The van der Waals surface area contributed by atoms with Gasteiger partial charge in [-0.05, 0) is 48.9 Å². The van der Waals surface area contributed by atoms with Crippen molar-refractivity contribution in [1.82, 2.24) is 0 Å². The zero-order valence-corrected chi connectivity index (χ0v) is 12.1. The van der Waals surface area contributed by atoms with E-state index < -0.39 is 15.9 Å². The second-order valence-electron chi connectivity index (χ2n) is 4.49. The highest BCUT2D eigenvalue weighted by Crippen LogP contribution is 2.17. The first kappa shape index (κ1) is 15.2. The predicted octanol–water partition coefficient (Wildman–Crippen LogP) is 2.94. The highest BCUT2D eigenvalue weighted by atomic mass is 32.2. The van der Waals surface area contributed by atoms with E-state index in [1.165, 1.54) is 55.5 Å². The Morgan fingerprint density at radius 3 is 2.14 bits per heavy atom. The summed E-state index contributed by atoms with van der Waals surface area (Å²) < 4.78 is 41.5. The molecule has 0 saturated carbocycles. The van der Waals surface area contributed by atoms with Gasteiger partial charge >= 0.3 is 10.1 Å². The summed E-state index contributed by atoms with van der Waals surface area (Å²) in [6.45, 7) is 1.42. The summed E-state index contributed by atoms with van der Waals surface area (Å²) in [7, 11) is -3.84. The quantitative estimate of drug-likeness (QED) is 0.629. The van der Waals surface area contributed by atoms with Crippen LogP contribution in [0.1, 0.15) is 22.8 Å². The van der Waals surface area contributed by atoms with Crippen LogP contribution in [0.3, 0.4) is 0 Å². The van der Waals surface area contributed by atoms with Crippen LogP contribution in [0.15, 0.2) is 48.5 Å². The highest BCUT2D eigenvalue weighted by Gasteiger charge is 2.14. The third kappa shape index (κ3) is 4.39. The van der Waals surface area contributed by atoms with Gasteiger partial charge in [-0.2, -0.15) is 8.42 Å². The number of ketones is 1. The summed E-state index contributed by atoms with van der Waals surface area (Å²) >= 11 is 0. The molecule has 0 heterocycles. The van der Waals surface area contributed by atoms with Crippen LogP contribution in [0, 0.1) is 5.82 Å².